The van der Waals surface area contributed by atoms with Gasteiger partial charge < -0.3 is 34.5 Å². The lowest BCUT2D eigenvalue weighted by Crippen LogP contribution is -2.07. The van der Waals surface area contributed by atoms with Gasteiger partial charge in [-0.05, 0) is 48.4 Å². The van der Waals surface area contributed by atoms with E-state index in [1.54, 1.807) is 49.6 Å². The number of aliphatic hydroxyl groups is 1. The van der Waals surface area contributed by atoms with E-state index in [-0.39, 0.29) is 19.0 Å². The van der Waals surface area contributed by atoms with Gasteiger partial charge in [0, 0.05) is 42.9 Å². The number of phenols is 1. The average Bonchev–Trinajstić information content (AvgIpc) is 2.90. The highest BCUT2D eigenvalue weighted by molar-refractivity contribution is 5.88. The molecule has 0 aliphatic carbocycles. The van der Waals surface area contributed by atoms with Gasteiger partial charge in [0.05, 0.1) is 19.2 Å². The van der Waals surface area contributed by atoms with Crippen molar-refractivity contribution in [1.29, 1.82) is 0 Å². The SMILES string of the molecule is CC(CCC=O)CCC(C)(C)C.CNc1ccc(Oc2ccnc3cc(OCCO)c(OC)cc23)c(O)c1. The Kier molecular flexibility index (Phi) is 12.1. The molecule has 0 spiro atoms. The minimum atomic E-state index is -0.0976. The maximum atomic E-state index is 10.1. The van der Waals surface area contributed by atoms with E-state index in [9.17, 15) is 9.90 Å². The van der Waals surface area contributed by atoms with E-state index in [0.717, 1.165) is 24.8 Å². The van der Waals surface area contributed by atoms with Gasteiger partial charge in [-0.1, -0.05) is 34.1 Å². The van der Waals surface area contributed by atoms with E-state index in [0.29, 0.717) is 45.2 Å². The van der Waals surface area contributed by atoms with Crippen molar-refractivity contribution in [2.75, 3.05) is 32.7 Å². The van der Waals surface area contributed by atoms with Crippen LogP contribution in [0.3, 0.4) is 0 Å². The van der Waals surface area contributed by atoms with Crippen LogP contribution in [-0.2, 0) is 4.79 Å². The number of carbonyl (C=O) groups excluding carboxylic acids is 1. The Morgan fingerprint density at radius 3 is 2.42 bits per heavy atom. The van der Waals surface area contributed by atoms with Crippen LogP contribution in [0, 0.1) is 11.3 Å². The summed E-state index contributed by atoms with van der Waals surface area (Å²) in [5, 5.41) is 22.8. The molecule has 0 saturated carbocycles. The number of pyridine rings is 1. The fourth-order valence-electron chi connectivity index (χ4n) is 3.70. The zero-order valence-electron chi connectivity index (χ0n) is 23.4. The summed E-state index contributed by atoms with van der Waals surface area (Å²) in [5.41, 5.74) is 1.86. The monoisotopic (exact) mass is 526 g/mol. The minimum Gasteiger partial charge on any atom is -0.504 e. The third-order valence-electron chi connectivity index (χ3n) is 5.97. The molecule has 3 N–H and O–H groups in total. The number of ether oxygens (including phenoxy) is 3. The maximum absolute atomic E-state index is 10.1. The van der Waals surface area contributed by atoms with Crippen molar-refractivity contribution in [2.24, 2.45) is 11.3 Å². The van der Waals surface area contributed by atoms with Gasteiger partial charge in [-0.15, -0.1) is 0 Å². The summed E-state index contributed by atoms with van der Waals surface area (Å²) in [6, 6.07) is 10.3. The summed E-state index contributed by atoms with van der Waals surface area (Å²) in [6.45, 7) is 9.08. The smallest absolute Gasteiger partial charge is 0.169 e. The van der Waals surface area contributed by atoms with Crippen LogP contribution in [0.5, 0.6) is 28.7 Å². The van der Waals surface area contributed by atoms with E-state index >= 15 is 0 Å². The minimum absolute atomic E-state index is 0.0247. The number of rotatable bonds is 12. The molecule has 0 aliphatic heterocycles. The van der Waals surface area contributed by atoms with Crippen LogP contribution in [-0.4, -0.2) is 48.9 Å². The highest BCUT2D eigenvalue weighted by Crippen LogP contribution is 2.39. The number of phenolic OH excluding ortho intramolecular Hbond substituents is 1. The van der Waals surface area contributed by atoms with Crippen molar-refractivity contribution in [2.45, 2.75) is 53.4 Å². The van der Waals surface area contributed by atoms with Crippen molar-refractivity contribution < 1.29 is 29.2 Å². The second-order valence-corrected chi connectivity index (χ2v) is 10.4. The number of aliphatic hydroxyl groups excluding tert-OH is 1. The zero-order valence-corrected chi connectivity index (χ0v) is 23.4. The molecule has 3 rings (SSSR count). The molecule has 0 radical (unpaired) electrons. The van der Waals surface area contributed by atoms with Crippen LogP contribution in [0.25, 0.3) is 10.9 Å². The molecule has 0 amide bonds. The molecule has 0 fully saturated rings. The number of fused-ring (bicyclic) bond motifs is 1. The van der Waals surface area contributed by atoms with Crippen LogP contribution < -0.4 is 19.5 Å². The lowest BCUT2D eigenvalue weighted by atomic mass is 9.86. The first-order chi connectivity index (χ1) is 18.1. The van der Waals surface area contributed by atoms with Crippen molar-refractivity contribution in [3.05, 3.63) is 42.6 Å². The molecule has 1 atom stereocenters. The summed E-state index contributed by atoms with van der Waals surface area (Å²) < 4.78 is 16.7. The van der Waals surface area contributed by atoms with Gasteiger partial charge in [-0.25, -0.2) is 0 Å². The van der Waals surface area contributed by atoms with Crippen LogP contribution in [0.15, 0.2) is 42.6 Å². The Hall–Kier alpha value is -3.52. The molecule has 1 unspecified atom stereocenters. The number of aromatic hydroxyl groups is 1. The number of benzene rings is 2. The molecule has 3 aromatic rings. The summed E-state index contributed by atoms with van der Waals surface area (Å²) in [5.74, 6) is 2.56. The van der Waals surface area contributed by atoms with E-state index in [2.05, 4.69) is 38.0 Å². The van der Waals surface area contributed by atoms with Crippen molar-refractivity contribution in [3.63, 3.8) is 0 Å². The molecule has 8 heteroatoms. The van der Waals surface area contributed by atoms with Gasteiger partial charge in [-0.2, -0.15) is 0 Å². The molecule has 38 heavy (non-hydrogen) atoms. The van der Waals surface area contributed by atoms with Gasteiger partial charge in [0.2, 0.25) is 0 Å². The molecule has 0 bridgehead atoms. The lowest BCUT2D eigenvalue weighted by Gasteiger charge is -2.20. The Bertz CT molecular complexity index is 1160. The second kappa shape index (κ2) is 15.0. The first-order valence-corrected chi connectivity index (χ1v) is 12.9. The predicted molar refractivity (Wildman–Crippen MR) is 152 cm³/mol. The van der Waals surface area contributed by atoms with E-state index in [1.807, 2.05) is 0 Å². The number of methoxy groups -OCH3 is 1. The van der Waals surface area contributed by atoms with Gasteiger partial charge in [0.1, 0.15) is 18.6 Å². The molecule has 0 saturated heterocycles. The molecule has 1 heterocycles. The third-order valence-corrected chi connectivity index (χ3v) is 5.97. The largest absolute Gasteiger partial charge is 0.504 e. The maximum Gasteiger partial charge on any atom is 0.169 e. The zero-order chi connectivity index (χ0) is 28.1. The topological polar surface area (TPSA) is 110 Å². The van der Waals surface area contributed by atoms with Crippen molar-refractivity contribution in [3.8, 4) is 28.7 Å². The quantitative estimate of drug-likeness (QED) is 0.227. The highest BCUT2D eigenvalue weighted by Gasteiger charge is 2.14. The number of hydrogen-bond donors (Lipinski definition) is 3. The summed E-state index contributed by atoms with van der Waals surface area (Å²) in [6.07, 6.45) is 6.92. The van der Waals surface area contributed by atoms with Gasteiger partial charge in [-0.3, -0.25) is 4.98 Å². The van der Waals surface area contributed by atoms with E-state index in [1.165, 1.54) is 20.0 Å². The molecular formula is C30H42N2O6. The molecular weight excluding hydrogens is 484 g/mol. The van der Waals surface area contributed by atoms with Crippen molar-refractivity contribution >= 4 is 22.9 Å². The number of nitrogens with zero attached hydrogens (tertiary/aromatic N) is 1. The molecule has 208 valence electrons. The van der Waals surface area contributed by atoms with E-state index < -0.39 is 0 Å². The van der Waals surface area contributed by atoms with E-state index in [4.69, 9.17) is 19.3 Å². The number of hydrogen-bond acceptors (Lipinski definition) is 8. The predicted octanol–water partition coefficient (Wildman–Crippen LogP) is 6.58. The lowest BCUT2D eigenvalue weighted by molar-refractivity contribution is -0.108. The molecule has 2 aromatic carbocycles. The summed E-state index contributed by atoms with van der Waals surface area (Å²) in [7, 11) is 3.31. The van der Waals surface area contributed by atoms with Crippen molar-refractivity contribution in [1.82, 2.24) is 4.98 Å². The first kappa shape index (κ1) is 30.7. The number of carbonyl (C=O) groups is 1. The van der Waals surface area contributed by atoms with Crippen LogP contribution in [0.2, 0.25) is 0 Å². The highest BCUT2D eigenvalue weighted by atomic mass is 16.5. The number of anilines is 1. The van der Waals surface area contributed by atoms with Gasteiger partial charge in [0.15, 0.2) is 23.0 Å². The van der Waals surface area contributed by atoms with Gasteiger partial charge in [0.25, 0.3) is 0 Å². The normalized spacial score (nSPS) is 11.8. The third kappa shape index (κ3) is 9.74. The summed E-state index contributed by atoms with van der Waals surface area (Å²) in [4.78, 5) is 14.4. The average molecular weight is 527 g/mol. The summed E-state index contributed by atoms with van der Waals surface area (Å²) >= 11 is 0. The molecule has 1 aromatic heterocycles. The molecule has 0 aliphatic rings. The van der Waals surface area contributed by atoms with Gasteiger partial charge >= 0.3 is 0 Å². The van der Waals surface area contributed by atoms with Crippen LogP contribution in [0.1, 0.15) is 53.4 Å². The Labute approximate surface area is 226 Å². The molecule has 8 nitrogen and oxygen atoms in total. The fourth-order valence-corrected chi connectivity index (χ4v) is 3.70. The second-order valence-electron chi connectivity index (χ2n) is 10.4. The number of aromatic nitrogens is 1. The first-order valence-electron chi connectivity index (χ1n) is 12.9. The Morgan fingerprint density at radius 2 is 1.82 bits per heavy atom. The Balaban J connectivity index is 0.000000358. The standard InChI is InChI=1S/C19H20N2O5.C11H22O/c1-20-12-3-4-17(15(23)9-12)26-16-5-6-21-14-11-19(25-8-7-22)18(24-2)10-13(14)16;1-10(6-5-9-12)7-8-11(2,3)4/h3-6,9-11,20,22-23H,7-8H2,1-2H3;9-10H,5-8H2,1-4H3. The fraction of sp³-hybridized carbons (Fsp3) is 0.467. The number of nitrogens with one attached hydrogen (secondary N) is 1. The Morgan fingerprint density at radius 1 is 1.05 bits per heavy atom. The van der Waals surface area contributed by atoms with Crippen LogP contribution >= 0.6 is 0 Å². The van der Waals surface area contributed by atoms with Crippen LogP contribution in [0.4, 0.5) is 5.69 Å². The number of aldehydes is 1.